The summed E-state index contributed by atoms with van der Waals surface area (Å²) < 4.78 is 1.54. The summed E-state index contributed by atoms with van der Waals surface area (Å²) in [6.45, 7) is 3.96. The highest BCUT2D eigenvalue weighted by atomic mass is 32.1. The molecule has 3 aromatic heterocycles. The molecule has 1 aromatic carbocycles. The summed E-state index contributed by atoms with van der Waals surface area (Å²) in [5.74, 6) is 0.662. The molecule has 0 aliphatic heterocycles. The molecule has 0 fully saturated rings. The van der Waals surface area contributed by atoms with Gasteiger partial charge in [-0.1, -0.05) is 32.0 Å². The van der Waals surface area contributed by atoms with Crippen molar-refractivity contribution in [3.8, 4) is 5.69 Å². The SMILES string of the molecule is CC(C)c1nc2[nH]c3sccc3c(=O)c2c(=O)n1-c1ccccc1. The molecule has 4 rings (SSSR count). The average molecular weight is 337 g/mol. The van der Waals surface area contributed by atoms with E-state index in [1.54, 1.807) is 10.6 Å². The highest BCUT2D eigenvalue weighted by molar-refractivity contribution is 7.16. The number of aromatic amines is 1. The Hall–Kier alpha value is -2.73. The fourth-order valence-electron chi connectivity index (χ4n) is 2.87. The number of fused-ring (bicyclic) bond motifs is 2. The molecule has 0 aliphatic rings. The van der Waals surface area contributed by atoms with Crippen molar-refractivity contribution in [3.05, 3.63) is 68.2 Å². The Bertz CT molecular complexity index is 1170. The Labute approximate surface area is 141 Å². The van der Waals surface area contributed by atoms with Crippen LogP contribution in [0.2, 0.25) is 0 Å². The summed E-state index contributed by atoms with van der Waals surface area (Å²) in [4.78, 5) is 34.4. The maximum absolute atomic E-state index is 13.1. The van der Waals surface area contributed by atoms with Gasteiger partial charge in [0.1, 0.15) is 21.7 Å². The standard InChI is InChI=1S/C18H15N3O2S/c1-10(2)16-19-15-13(14(22)12-8-9-24-17(12)20-15)18(23)21(16)11-6-4-3-5-7-11/h3-10H,1-2H3,(H,20,22). The first kappa shape index (κ1) is 14.8. The molecule has 0 saturated carbocycles. The Balaban J connectivity index is 2.22. The van der Waals surface area contributed by atoms with Gasteiger partial charge in [0.2, 0.25) is 5.43 Å². The maximum Gasteiger partial charge on any atom is 0.271 e. The quantitative estimate of drug-likeness (QED) is 0.609. The van der Waals surface area contributed by atoms with E-state index < -0.39 is 0 Å². The first-order chi connectivity index (χ1) is 11.6. The van der Waals surface area contributed by atoms with E-state index in [1.165, 1.54) is 11.3 Å². The molecule has 0 aliphatic carbocycles. The predicted molar refractivity (Wildman–Crippen MR) is 97.4 cm³/mol. The van der Waals surface area contributed by atoms with Crippen LogP contribution in [0.4, 0.5) is 0 Å². The smallest absolute Gasteiger partial charge is 0.271 e. The van der Waals surface area contributed by atoms with Crippen LogP contribution in [0.15, 0.2) is 51.4 Å². The van der Waals surface area contributed by atoms with Gasteiger partial charge >= 0.3 is 0 Å². The van der Waals surface area contributed by atoms with Crippen LogP contribution in [0.25, 0.3) is 26.9 Å². The summed E-state index contributed by atoms with van der Waals surface area (Å²) in [6, 6.07) is 11.0. The number of benzene rings is 1. The lowest BCUT2D eigenvalue weighted by atomic mass is 10.1. The summed E-state index contributed by atoms with van der Waals surface area (Å²) in [5, 5.41) is 2.47. The van der Waals surface area contributed by atoms with E-state index >= 15 is 0 Å². The van der Waals surface area contributed by atoms with E-state index in [1.807, 2.05) is 49.6 Å². The molecule has 5 nitrogen and oxygen atoms in total. The van der Waals surface area contributed by atoms with Crippen LogP contribution in [0, 0.1) is 0 Å². The lowest BCUT2D eigenvalue weighted by Gasteiger charge is -2.15. The number of thiophene rings is 1. The van der Waals surface area contributed by atoms with Crippen LogP contribution >= 0.6 is 11.3 Å². The van der Waals surface area contributed by atoms with E-state index in [-0.39, 0.29) is 22.3 Å². The van der Waals surface area contributed by atoms with E-state index in [9.17, 15) is 9.59 Å². The van der Waals surface area contributed by atoms with Crippen molar-refractivity contribution in [2.45, 2.75) is 19.8 Å². The van der Waals surface area contributed by atoms with Crippen molar-refractivity contribution in [2.24, 2.45) is 0 Å². The molecule has 0 radical (unpaired) electrons. The molecule has 0 atom stereocenters. The third-order valence-corrected chi connectivity index (χ3v) is 4.84. The van der Waals surface area contributed by atoms with Crippen LogP contribution < -0.4 is 11.0 Å². The number of pyridine rings is 1. The van der Waals surface area contributed by atoms with Crippen molar-refractivity contribution in [1.29, 1.82) is 0 Å². The summed E-state index contributed by atoms with van der Waals surface area (Å²) >= 11 is 1.43. The first-order valence-electron chi connectivity index (χ1n) is 7.69. The molecule has 24 heavy (non-hydrogen) atoms. The number of hydrogen-bond donors (Lipinski definition) is 1. The van der Waals surface area contributed by atoms with E-state index in [4.69, 9.17) is 0 Å². The summed E-state index contributed by atoms with van der Waals surface area (Å²) in [7, 11) is 0. The zero-order chi connectivity index (χ0) is 16.8. The van der Waals surface area contributed by atoms with Crippen LogP contribution in [-0.2, 0) is 0 Å². The van der Waals surface area contributed by atoms with Gasteiger partial charge in [-0.15, -0.1) is 11.3 Å². The molecule has 0 spiro atoms. The maximum atomic E-state index is 13.1. The number of nitrogens with zero attached hydrogens (tertiary/aromatic N) is 2. The highest BCUT2D eigenvalue weighted by Gasteiger charge is 2.19. The van der Waals surface area contributed by atoms with Gasteiger partial charge in [-0.3, -0.25) is 14.2 Å². The minimum absolute atomic E-state index is 0.0323. The molecule has 6 heteroatoms. The second-order valence-electron chi connectivity index (χ2n) is 5.94. The summed E-state index contributed by atoms with van der Waals surface area (Å²) in [6.07, 6.45) is 0. The molecule has 0 amide bonds. The minimum atomic E-state index is -0.329. The van der Waals surface area contributed by atoms with E-state index in [0.29, 0.717) is 22.5 Å². The van der Waals surface area contributed by atoms with Crippen LogP contribution in [0.1, 0.15) is 25.6 Å². The fourth-order valence-corrected chi connectivity index (χ4v) is 3.66. The van der Waals surface area contributed by atoms with Gasteiger partial charge in [0.25, 0.3) is 5.56 Å². The molecular weight excluding hydrogens is 322 g/mol. The lowest BCUT2D eigenvalue weighted by molar-refractivity contribution is 0.721. The predicted octanol–water partition coefficient (Wildman–Crippen LogP) is 3.41. The van der Waals surface area contributed by atoms with Crippen LogP contribution in [0.3, 0.4) is 0 Å². The number of rotatable bonds is 2. The van der Waals surface area contributed by atoms with Gasteiger partial charge in [0.05, 0.1) is 11.1 Å². The van der Waals surface area contributed by atoms with Gasteiger partial charge in [0.15, 0.2) is 0 Å². The van der Waals surface area contributed by atoms with E-state index in [0.717, 1.165) is 4.83 Å². The van der Waals surface area contributed by atoms with Gasteiger partial charge in [0, 0.05) is 5.92 Å². The first-order valence-corrected chi connectivity index (χ1v) is 8.57. The number of H-pyrrole nitrogens is 1. The topological polar surface area (TPSA) is 67.8 Å². The highest BCUT2D eigenvalue weighted by Crippen LogP contribution is 2.20. The zero-order valence-electron chi connectivity index (χ0n) is 13.2. The van der Waals surface area contributed by atoms with Crippen molar-refractivity contribution in [2.75, 3.05) is 0 Å². The Morgan fingerprint density at radius 3 is 2.58 bits per heavy atom. The molecule has 0 saturated heterocycles. The van der Waals surface area contributed by atoms with Crippen molar-refractivity contribution < 1.29 is 0 Å². The molecule has 3 heterocycles. The Morgan fingerprint density at radius 2 is 1.88 bits per heavy atom. The van der Waals surface area contributed by atoms with Gasteiger partial charge in [-0.2, -0.15) is 0 Å². The molecule has 0 bridgehead atoms. The third kappa shape index (κ3) is 2.11. The summed E-state index contributed by atoms with van der Waals surface area (Å²) in [5.41, 5.74) is 0.475. The van der Waals surface area contributed by atoms with Gasteiger partial charge in [-0.25, -0.2) is 4.98 Å². The van der Waals surface area contributed by atoms with Crippen LogP contribution in [-0.4, -0.2) is 14.5 Å². The molecular formula is C18H15N3O2S. The normalized spacial score (nSPS) is 11.6. The van der Waals surface area contributed by atoms with Crippen molar-refractivity contribution in [3.63, 3.8) is 0 Å². The zero-order valence-corrected chi connectivity index (χ0v) is 14.1. The Kier molecular flexibility index (Phi) is 3.35. The second kappa shape index (κ2) is 5.42. The van der Waals surface area contributed by atoms with E-state index in [2.05, 4.69) is 9.97 Å². The number of hydrogen-bond acceptors (Lipinski definition) is 4. The molecule has 1 N–H and O–H groups in total. The van der Waals surface area contributed by atoms with Gasteiger partial charge in [-0.05, 0) is 23.6 Å². The number of nitrogens with one attached hydrogen (secondary N) is 1. The Morgan fingerprint density at radius 1 is 1.12 bits per heavy atom. The minimum Gasteiger partial charge on any atom is -0.330 e. The molecule has 0 unspecified atom stereocenters. The lowest BCUT2D eigenvalue weighted by Crippen LogP contribution is -2.28. The van der Waals surface area contributed by atoms with Gasteiger partial charge < -0.3 is 4.98 Å². The monoisotopic (exact) mass is 337 g/mol. The largest absolute Gasteiger partial charge is 0.330 e. The molecule has 120 valence electrons. The fraction of sp³-hybridized carbons (Fsp3) is 0.167. The number of aromatic nitrogens is 3. The number of para-hydroxylation sites is 1. The van der Waals surface area contributed by atoms with Crippen LogP contribution in [0.5, 0.6) is 0 Å². The molecule has 4 aromatic rings. The van der Waals surface area contributed by atoms with Crippen molar-refractivity contribution in [1.82, 2.24) is 14.5 Å². The second-order valence-corrected chi connectivity index (χ2v) is 6.86. The average Bonchev–Trinajstić information content (AvgIpc) is 3.04. The van der Waals surface area contributed by atoms with Crippen molar-refractivity contribution >= 4 is 32.6 Å². The third-order valence-electron chi connectivity index (χ3n) is 4.01.